The van der Waals surface area contributed by atoms with Crippen LogP contribution < -0.4 is 14.8 Å². The maximum atomic E-state index is 13.8. The van der Waals surface area contributed by atoms with Crippen LogP contribution in [0.2, 0.25) is 0 Å². The third kappa shape index (κ3) is 5.08. The molecule has 1 N–H and O–H groups in total. The quantitative estimate of drug-likeness (QED) is 0.388. The van der Waals surface area contributed by atoms with E-state index in [-0.39, 0.29) is 17.1 Å². The summed E-state index contributed by atoms with van der Waals surface area (Å²) >= 11 is 1.22. The molecule has 8 nitrogen and oxygen atoms in total. The molecule has 3 rings (SSSR count). The van der Waals surface area contributed by atoms with E-state index in [9.17, 15) is 14.0 Å². The Morgan fingerprint density at radius 3 is 2.53 bits per heavy atom. The van der Waals surface area contributed by atoms with Crippen LogP contribution in [0.1, 0.15) is 39.5 Å². The first-order chi connectivity index (χ1) is 15.3. The Hall–Kier alpha value is -3.40. The number of hydrogen-bond acceptors (Lipinski definition) is 7. The van der Waals surface area contributed by atoms with E-state index < -0.39 is 17.8 Å². The molecule has 0 spiro atoms. The van der Waals surface area contributed by atoms with Gasteiger partial charge in [0.15, 0.2) is 28.3 Å². The summed E-state index contributed by atoms with van der Waals surface area (Å²) < 4.78 is 26.0. The van der Waals surface area contributed by atoms with Gasteiger partial charge in [0, 0.05) is 12.6 Å². The number of Topliss-reactive ketones (excluding diaryl/α,β-unsaturated/α-hetero) is 1. The number of carbonyl (C=O) groups excluding carboxylic acids is 2. The van der Waals surface area contributed by atoms with Gasteiger partial charge in [-0.05, 0) is 37.3 Å². The van der Waals surface area contributed by atoms with Crippen molar-refractivity contribution in [1.82, 2.24) is 20.1 Å². The molecular weight excluding hydrogens is 435 g/mol. The number of ketones is 1. The van der Waals surface area contributed by atoms with Crippen LogP contribution >= 0.6 is 11.8 Å². The smallest absolute Gasteiger partial charge is 0.254 e. The van der Waals surface area contributed by atoms with Crippen LogP contribution in [0.25, 0.3) is 0 Å². The molecule has 0 aliphatic carbocycles. The van der Waals surface area contributed by atoms with Crippen LogP contribution in [-0.4, -0.2) is 46.4 Å². The highest BCUT2D eigenvalue weighted by Gasteiger charge is 2.20. The Balaban J connectivity index is 1.65. The summed E-state index contributed by atoms with van der Waals surface area (Å²) in [7, 11) is 4.78. The number of hydrogen-bond donors (Lipinski definition) is 1. The normalized spacial score (nSPS) is 11.7. The third-order valence-corrected chi connectivity index (χ3v) is 5.78. The fraction of sp³-hybridized carbons (Fsp3) is 0.273. The van der Waals surface area contributed by atoms with E-state index in [2.05, 4.69) is 15.5 Å². The standard InChI is InChI=1S/C22H23FN4O4S/c1-13(24-21(29)15-7-5-6-8-16(15)23)20-25-26-22(27(20)2)32-12-17(28)14-9-10-18(30-3)19(11-14)31-4/h5-11,13H,12H2,1-4H3,(H,24,29)/t13-/m1/s1. The maximum Gasteiger partial charge on any atom is 0.254 e. The van der Waals surface area contributed by atoms with Gasteiger partial charge in [-0.1, -0.05) is 23.9 Å². The number of amides is 1. The van der Waals surface area contributed by atoms with Crippen LogP contribution in [0.15, 0.2) is 47.6 Å². The number of rotatable bonds is 9. The van der Waals surface area contributed by atoms with E-state index in [1.54, 1.807) is 42.8 Å². The predicted octanol–water partition coefficient (Wildman–Crippen LogP) is 3.44. The molecule has 3 aromatic rings. The van der Waals surface area contributed by atoms with E-state index >= 15 is 0 Å². The van der Waals surface area contributed by atoms with Gasteiger partial charge in [-0.3, -0.25) is 9.59 Å². The zero-order chi connectivity index (χ0) is 23.3. The molecule has 0 aliphatic rings. The molecule has 1 amide bonds. The minimum Gasteiger partial charge on any atom is -0.493 e. The van der Waals surface area contributed by atoms with Gasteiger partial charge in [-0.2, -0.15) is 0 Å². The number of benzene rings is 2. The van der Waals surface area contributed by atoms with Gasteiger partial charge in [0.1, 0.15) is 5.82 Å². The van der Waals surface area contributed by atoms with Crippen LogP contribution in [-0.2, 0) is 7.05 Å². The molecule has 1 atom stereocenters. The average molecular weight is 459 g/mol. The van der Waals surface area contributed by atoms with Crippen molar-refractivity contribution in [3.8, 4) is 11.5 Å². The molecule has 168 valence electrons. The van der Waals surface area contributed by atoms with Crippen molar-refractivity contribution in [2.75, 3.05) is 20.0 Å². The van der Waals surface area contributed by atoms with Crippen molar-refractivity contribution in [2.24, 2.45) is 7.05 Å². The highest BCUT2D eigenvalue weighted by atomic mass is 32.2. The number of nitrogens with one attached hydrogen (secondary N) is 1. The molecule has 0 unspecified atom stereocenters. The van der Waals surface area contributed by atoms with E-state index in [1.807, 2.05) is 0 Å². The molecule has 0 fully saturated rings. The summed E-state index contributed by atoms with van der Waals surface area (Å²) in [6, 6.07) is 10.2. The van der Waals surface area contributed by atoms with Crippen LogP contribution in [0.4, 0.5) is 4.39 Å². The Morgan fingerprint density at radius 2 is 1.84 bits per heavy atom. The molecule has 0 bridgehead atoms. The molecule has 10 heteroatoms. The lowest BCUT2D eigenvalue weighted by Crippen LogP contribution is -2.29. The van der Waals surface area contributed by atoms with Crippen molar-refractivity contribution in [3.63, 3.8) is 0 Å². The predicted molar refractivity (Wildman–Crippen MR) is 118 cm³/mol. The second-order valence-electron chi connectivity index (χ2n) is 6.86. The fourth-order valence-corrected chi connectivity index (χ4v) is 3.85. The van der Waals surface area contributed by atoms with E-state index in [1.165, 1.54) is 44.2 Å². The number of halogens is 1. The Morgan fingerprint density at radius 1 is 1.12 bits per heavy atom. The highest BCUT2D eigenvalue weighted by Crippen LogP contribution is 2.28. The van der Waals surface area contributed by atoms with Crippen LogP contribution in [0.5, 0.6) is 11.5 Å². The molecule has 2 aromatic carbocycles. The number of carbonyl (C=O) groups is 2. The minimum atomic E-state index is -0.597. The van der Waals surface area contributed by atoms with Crippen molar-refractivity contribution >= 4 is 23.5 Å². The molecule has 1 aromatic heterocycles. The Kier molecular flexibility index (Phi) is 7.47. The van der Waals surface area contributed by atoms with E-state index in [0.717, 1.165) is 0 Å². The zero-order valence-corrected chi connectivity index (χ0v) is 18.9. The summed E-state index contributed by atoms with van der Waals surface area (Å²) in [6.45, 7) is 1.73. The monoisotopic (exact) mass is 458 g/mol. The Bertz CT molecular complexity index is 1130. The summed E-state index contributed by atoms with van der Waals surface area (Å²) in [5, 5.41) is 11.5. The van der Waals surface area contributed by atoms with Crippen molar-refractivity contribution < 1.29 is 23.5 Å². The zero-order valence-electron chi connectivity index (χ0n) is 18.1. The van der Waals surface area contributed by atoms with E-state index in [4.69, 9.17) is 9.47 Å². The van der Waals surface area contributed by atoms with Gasteiger partial charge in [0.2, 0.25) is 0 Å². The fourth-order valence-electron chi connectivity index (χ4n) is 3.04. The van der Waals surface area contributed by atoms with Gasteiger partial charge in [0.05, 0.1) is 31.6 Å². The van der Waals surface area contributed by atoms with Crippen molar-refractivity contribution in [3.05, 3.63) is 65.2 Å². The minimum absolute atomic E-state index is 0.0448. The van der Waals surface area contributed by atoms with Gasteiger partial charge in [-0.15, -0.1) is 10.2 Å². The van der Waals surface area contributed by atoms with Crippen LogP contribution in [0.3, 0.4) is 0 Å². The largest absolute Gasteiger partial charge is 0.493 e. The van der Waals surface area contributed by atoms with Crippen LogP contribution in [0, 0.1) is 5.82 Å². The second kappa shape index (κ2) is 10.3. The van der Waals surface area contributed by atoms with E-state index in [0.29, 0.717) is 28.0 Å². The first-order valence-corrected chi connectivity index (χ1v) is 10.7. The van der Waals surface area contributed by atoms with Crippen molar-refractivity contribution in [1.29, 1.82) is 0 Å². The lowest BCUT2D eigenvalue weighted by molar-refractivity contribution is 0.0933. The number of nitrogens with zero attached hydrogens (tertiary/aromatic N) is 3. The number of thioether (sulfide) groups is 1. The highest BCUT2D eigenvalue weighted by molar-refractivity contribution is 7.99. The lowest BCUT2D eigenvalue weighted by atomic mass is 10.1. The van der Waals surface area contributed by atoms with Gasteiger partial charge in [-0.25, -0.2) is 4.39 Å². The van der Waals surface area contributed by atoms with Gasteiger partial charge < -0.3 is 19.4 Å². The first kappa shape index (κ1) is 23.3. The summed E-state index contributed by atoms with van der Waals surface area (Å²) in [5.41, 5.74) is 0.444. The summed E-state index contributed by atoms with van der Waals surface area (Å²) in [5.74, 6) is 0.385. The number of aromatic nitrogens is 3. The SMILES string of the molecule is COc1ccc(C(=O)CSc2nnc([C@@H](C)NC(=O)c3ccccc3F)n2C)cc1OC. The Labute approximate surface area is 189 Å². The number of methoxy groups -OCH3 is 2. The third-order valence-electron chi connectivity index (χ3n) is 4.76. The molecular formula is C22H23FN4O4S. The molecule has 0 saturated heterocycles. The molecule has 1 heterocycles. The van der Waals surface area contributed by atoms with Gasteiger partial charge >= 0.3 is 0 Å². The molecule has 0 saturated carbocycles. The summed E-state index contributed by atoms with van der Waals surface area (Å²) in [4.78, 5) is 25.0. The maximum absolute atomic E-state index is 13.8. The number of ether oxygens (including phenoxy) is 2. The molecule has 0 aliphatic heterocycles. The summed E-state index contributed by atoms with van der Waals surface area (Å²) in [6.07, 6.45) is 0. The second-order valence-corrected chi connectivity index (χ2v) is 7.80. The molecule has 32 heavy (non-hydrogen) atoms. The average Bonchev–Trinajstić information content (AvgIpc) is 3.17. The molecule has 0 radical (unpaired) electrons. The first-order valence-electron chi connectivity index (χ1n) is 9.68. The van der Waals surface area contributed by atoms with Crippen molar-refractivity contribution in [2.45, 2.75) is 18.1 Å². The lowest BCUT2D eigenvalue weighted by Gasteiger charge is -2.14. The topological polar surface area (TPSA) is 95.3 Å². The van der Waals surface area contributed by atoms with Gasteiger partial charge in [0.25, 0.3) is 5.91 Å².